The van der Waals surface area contributed by atoms with Crippen LogP contribution in [0.25, 0.3) is 0 Å². The minimum absolute atomic E-state index is 0. The third-order valence-electron chi connectivity index (χ3n) is 0. The van der Waals surface area contributed by atoms with Crippen molar-refractivity contribution >= 4 is 0 Å². The summed E-state index contributed by atoms with van der Waals surface area (Å²) in [5, 5.41) is 37.6. The Morgan fingerprint density at radius 2 is 0.538 bits per heavy atom. The number of rotatable bonds is 0. The molecule has 0 aliphatic heterocycles. The summed E-state index contributed by atoms with van der Waals surface area (Å²) >= 11 is 0. The number of hydrogen-bond donors (Lipinski definition) is 6. The standard InChI is InChI=1S/Eu.3H2NO3/c;3*2-1(3)4/h;3*(H2,2,3,4)/q;3*+1. The van der Waals surface area contributed by atoms with Crippen molar-refractivity contribution in [1.82, 2.24) is 0 Å². The molecule has 13 heavy (non-hydrogen) atoms. The molecule has 0 atom stereocenters. The predicted octanol–water partition coefficient (Wildman–Crippen LogP) is -1.37. The van der Waals surface area contributed by atoms with Crippen LogP contribution in [0.15, 0.2) is 0 Å². The van der Waals surface area contributed by atoms with E-state index in [-0.39, 0.29) is 49.4 Å². The molecule has 0 bridgehead atoms. The zero-order valence-electron chi connectivity index (χ0n) is 5.63. The second-order valence-corrected chi connectivity index (χ2v) is 0.758. The minimum atomic E-state index is -1.25. The number of nitrogens with zero attached hydrogens (tertiary/aromatic N) is 3. The van der Waals surface area contributed by atoms with Gasteiger partial charge in [-0.3, -0.25) is 0 Å². The molecule has 0 spiro atoms. The van der Waals surface area contributed by atoms with Crippen molar-refractivity contribution < 1.29 is 95.9 Å². The first kappa shape index (κ1) is 22.8. The molecule has 0 aliphatic carbocycles. The van der Waals surface area contributed by atoms with Crippen LogP contribution in [0, 0.1) is 64.1 Å². The molecule has 0 aliphatic rings. The van der Waals surface area contributed by atoms with Gasteiger partial charge in [-0.2, -0.15) is 0 Å². The third-order valence-corrected chi connectivity index (χ3v) is 0. The maximum Gasteiger partial charge on any atom is 0.472 e. The van der Waals surface area contributed by atoms with Gasteiger partial charge in [-0.05, 0) is 0 Å². The molecule has 0 unspecified atom stereocenters. The van der Waals surface area contributed by atoms with E-state index in [0.29, 0.717) is 0 Å². The SMILES string of the molecule is O=[N+](O)O.O=[N+](O)O.O=[N+](O)O.[Eu]. The Kier molecular flexibility index (Phi) is 30.3. The average Bonchev–Trinajstić information content (AvgIpc) is 1.54. The second-order valence-electron chi connectivity index (χ2n) is 0.758. The topological polar surface area (TPSA) is 182 Å². The Balaban J connectivity index is -0.0000000450. The van der Waals surface area contributed by atoms with Gasteiger partial charge in [-0.1, -0.05) is 0 Å². The van der Waals surface area contributed by atoms with E-state index < -0.39 is 15.3 Å². The summed E-state index contributed by atoms with van der Waals surface area (Å²) in [5.74, 6) is 0. The Morgan fingerprint density at radius 3 is 0.538 bits per heavy atom. The van der Waals surface area contributed by atoms with Gasteiger partial charge in [-0.15, -0.1) is 0 Å². The van der Waals surface area contributed by atoms with Crippen molar-refractivity contribution in [3.8, 4) is 0 Å². The average molecular weight is 344 g/mol. The van der Waals surface area contributed by atoms with Gasteiger partial charge in [0.2, 0.25) is 0 Å². The van der Waals surface area contributed by atoms with E-state index in [1.54, 1.807) is 0 Å². The van der Waals surface area contributed by atoms with Crippen LogP contribution in [0.3, 0.4) is 0 Å². The van der Waals surface area contributed by atoms with E-state index in [1.165, 1.54) is 0 Å². The fourth-order valence-corrected chi connectivity index (χ4v) is 0. The van der Waals surface area contributed by atoms with Crippen molar-refractivity contribution in [1.29, 1.82) is 0 Å². The summed E-state index contributed by atoms with van der Waals surface area (Å²) in [6, 6.07) is 0. The molecule has 12 nitrogen and oxygen atoms in total. The largest absolute Gasteiger partial charge is 0.472 e. The van der Waals surface area contributed by atoms with Crippen LogP contribution in [-0.2, 0) is 0 Å². The molecule has 0 saturated heterocycles. The van der Waals surface area contributed by atoms with Crippen molar-refractivity contribution in [3.05, 3.63) is 14.7 Å². The van der Waals surface area contributed by atoms with Gasteiger partial charge in [0.05, 0.1) is 0 Å². The van der Waals surface area contributed by atoms with Crippen LogP contribution < -0.4 is 0 Å². The molecule has 0 saturated carbocycles. The third kappa shape index (κ3) is 1420. The van der Waals surface area contributed by atoms with Crippen LogP contribution >= 0.6 is 0 Å². The summed E-state index contributed by atoms with van der Waals surface area (Å²) in [5.41, 5.74) is 0. The Bertz CT molecular complexity index is 112. The summed E-state index contributed by atoms with van der Waals surface area (Å²) in [6.07, 6.45) is 0. The van der Waals surface area contributed by atoms with E-state index in [0.717, 1.165) is 0 Å². The molecular weight excluding hydrogens is 338 g/mol. The van der Waals surface area contributed by atoms with Gasteiger partial charge < -0.3 is 0 Å². The monoisotopic (exact) mass is 345 g/mol. The predicted molar refractivity (Wildman–Crippen MR) is 21.6 cm³/mol. The van der Waals surface area contributed by atoms with Crippen molar-refractivity contribution in [2.24, 2.45) is 0 Å². The van der Waals surface area contributed by atoms with Crippen LogP contribution in [0.4, 0.5) is 0 Å². The smallest absolute Gasteiger partial charge is 0.201 e. The first-order chi connectivity index (χ1) is 5.20. The van der Waals surface area contributed by atoms with Crippen molar-refractivity contribution in [2.45, 2.75) is 0 Å². The molecule has 79 valence electrons. The molecule has 0 heterocycles. The van der Waals surface area contributed by atoms with Gasteiger partial charge in [0, 0.05) is 49.4 Å². The fourth-order valence-electron chi connectivity index (χ4n) is 0. The maximum atomic E-state index is 8.47. The maximum absolute atomic E-state index is 8.47. The van der Waals surface area contributed by atoms with Crippen LogP contribution in [0.5, 0.6) is 0 Å². The zero-order valence-corrected chi connectivity index (χ0v) is 8.05. The molecule has 0 aromatic rings. The van der Waals surface area contributed by atoms with Crippen molar-refractivity contribution in [2.75, 3.05) is 0 Å². The van der Waals surface area contributed by atoms with Crippen LogP contribution in [0.1, 0.15) is 0 Å². The van der Waals surface area contributed by atoms with E-state index in [4.69, 9.17) is 46.0 Å². The van der Waals surface area contributed by atoms with Gasteiger partial charge in [0.1, 0.15) is 14.7 Å². The summed E-state index contributed by atoms with van der Waals surface area (Å²) < 4.78 is 0. The van der Waals surface area contributed by atoms with Gasteiger partial charge in [0.15, 0.2) is 0 Å². The summed E-state index contributed by atoms with van der Waals surface area (Å²) in [4.78, 5) is 25.4. The Hall–Kier alpha value is -0.816. The first-order valence-corrected chi connectivity index (χ1v) is 1.75. The molecule has 0 rings (SSSR count). The number of hydrogen-bond acceptors (Lipinski definition) is 3. The van der Waals surface area contributed by atoms with E-state index in [2.05, 4.69) is 0 Å². The summed E-state index contributed by atoms with van der Waals surface area (Å²) in [6.45, 7) is 0. The normalized spacial score (nSPS) is 5.54. The minimum Gasteiger partial charge on any atom is -0.201 e. The van der Waals surface area contributed by atoms with E-state index >= 15 is 0 Å². The van der Waals surface area contributed by atoms with Gasteiger partial charge >= 0.3 is 15.3 Å². The molecule has 13 heteroatoms. The molecule has 6 N–H and O–H groups in total. The zero-order chi connectivity index (χ0) is 10.7. The second kappa shape index (κ2) is 17.3. The first-order valence-electron chi connectivity index (χ1n) is 1.75. The van der Waals surface area contributed by atoms with Crippen molar-refractivity contribution in [3.63, 3.8) is 0 Å². The van der Waals surface area contributed by atoms with E-state index in [9.17, 15) is 0 Å². The molecule has 1 radical (unpaired) electrons. The molecule has 0 aromatic heterocycles. The Labute approximate surface area is 110 Å². The molecular formula is H6EuN3O9+3. The van der Waals surface area contributed by atoms with Gasteiger partial charge in [0.25, 0.3) is 0 Å². The summed E-state index contributed by atoms with van der Waals surface area (Å²) in [7, 11) is 0. The molecule has 0 aromatic carbocycles. The quantitative estimate of drug-likeness (QED) is 0.289. The van der Waals surface area contributed by atoms with Crippen LogP contribution in [0.2, 0.25) is 0 Å². The molecule has 0 fully saturated rings. The van der Waals surface area contributed by atoms with E-state index in [1.807, 2.05) is 0 Å². The Morgan fingerprint density at radius 1 is 0.538 bits per heavy atom. The fraction of sp³-hybridized carbons (Fsp3) is 0. The van der Waals surface area contributed by atoms with Gasteiger partial charge in [-0.25, -0.2) is 31.2 Å². The van der Waals surface area contributed by atoms with Crippen LogP contribution in [-0.4, -0.2) is 46.5 Å². The molecule has 0 amide bonds.